The van der Waals surface area contributed by atoms with Gasteiger partial charge in [-0.25, -0.2) is 0 Å². The Labute approximate surface area is 121 Å². The largest absolute Gasteiger partial charge is 0.385 e. The predicted molar refractivity (Wildman–Crippen MR) is 85.0 cm³/mol. The molecule has 1 N–H and O–H groups in total. The molecule has 2 rings (SSSR count). The SMILES string of the molecule is COCCCCn1ccc2cc(CNC(C)C)ccc21. The van der Waals surface area contributed by atoms with E-state index in [9.17, 15) is 0 Å². The van der Waals surface area contributed by atoms with Gasteiger partial charge < -0.3 is 14.6 Å². The quantitative estimate of drug-likeness (QED) is 0.745. The number of aryl methyl sites for hydroxylation is 1. The van der Waals surface area contributed by atoms with Gasteiger partial charge in [0.15, 0.2) is 0 Å². The van der Waals surface area contributed by atoms with Gasteiger partial charge in [-0.1, -0.05) is 19.9 Å². The number of hydrogen-bond acceptors (Lipinski definition) is 2. The highest BCUT2D eigenvalue weighted by Crippen LogP contribution is 2.18. The van der Waals surface area contributed by atoms with Crippen LogP contribution in [0.1, 0.15) is 32.3 Å². The van der Waals surface area contributed by atoms with Gasteiger partial charge in [0.25, 0.3) is 0 Å². The molecule has 0 aliphatic rings. The average molecular weight is 274 g/mol. The smallest absolute Gasteiger partial charge is 0.0480 e. The van der Waals surface area contributed by atoms with Gasteiger partial charge in [0.1, 0.15) is 0 Å². The molecule has 0 bridgehead atoms. The van der Waals surface area contributed by atoms with E-state index in [2.05, 4.69) is 54.2 Å². The minimum Gasteiger partial charge on any atom is -0.385 e. The first-order valence-corrected chi connectivity index (χ1v) is 7.51. The molecule has 1 aromatic carbocycles. The molecule has 0 saturated carbocycles. The summed E-state index contributed by atoms with van der Waals surface area (Å²) in [5.74, 6) is 0. The number of methoxy groups -OCH3 is 1. The number of benzene rings is 1. The van der Waals surface area contributed by atoms with E-state index in [1.54, 1.807) is 7.11 Å². The fourth-order valence-electron chi connectivity index (χ4n) is 2.41. The lowest BCUT2D eigenvalue weighted by Gasteiger charge is -2.09. The summed E-state index contributed by atoms with van der Waals surface area (Å²) in [6, 6.07) is 9.49. The van der Waals surface area contributed by atoms with Crippen LogP contribution < -0.4 is 5.32 Å². The van der Waals surface area contributed by atoms with Crippen LogP contribution in [0.4, 0.5) is 0 Å². The van der Waals surface area contributed by atoms with Gasteiger partial charge in [-0.05, 0) is 42.0 Å². The molecule has 0 saturated heterocycles. The van der Waals surface area contributed by atoms with Crippen molar-refractivity contribution in [3.05, 3.63) is 36.0 Å². The maximum absolute atomic E-state index is 5.09. The molecule has 0 spiro atoms. The molecule has 0 atom stereocenters. The Hall–Kier alpha value is -1.32. The topological polar surface area (TPSA) is 26.2 Å². The number of rotatable bonds is 8. The molecule has 0 unspecified atom stereocenters. The lowest BCUT2D eigenvalue weighted by Crippen LogP contribution is -2.21. The van der Waals surface area contributed by atoms with Crippen LogP contribution in [0.3, 0.4) is 0 Å². The minimum absolute atomic E-state index is 0.524. The molecule has 2 aromatic rings. The van der Waals surface area contributed by atoms with E-state index >= 15 is 0 Å². The fourth-order valence-corrected chi connectivity index (χ4v) is 2.41. The molecule has 3 nitrogen and oxygen atoms in total. The summed E-state index contributed by atoms with van der Waals surface area (Å²) in [6.07, 6.45) is 4.47. The number of aromatic nitrogens is 1. The molecule has 0 aliphatic heterocycles. The lowest BCUT2D eigenvalue weighted by atomic mass is 10.1. The number of nitrogens with one attached hydrogen (secondary N) is 1. The minimum atomic E-state index is 0.524. The summed E-state index contributed by atoms with van der Waals surface area (Å²) >= 11 is 0. The normalized spacial score (nSPS) is 11.6. The van der Waals surface area contributed by atoms with Crippen LogP contribution in [0, 0.1) is 0 Å². The molecular weight excluding hydrogens is 248 g/mol. The van der Waals surface area contributed by atoms with Gasteiger partial charge in [-0.3, -0.25) is 0 Å². The van der Waals surface area contributed by atoms with Crippen LogP contribution >= 0.6 is 0 Å². The van der Waals surface area contributed by atoms with E-state index in [4.69, 9.17) is 4.74 Å². The molecule has 3 heteroatoms. The average Bonchev–Trinajstić information content (AvgIpc) is 2.84. The first kappa shape index (κ1) is 15.1. The van der Waals surface area contributed by atoms with Crippen LogP contribution in [0.15, 0.2) is 30.5 Å². The van der Waals surface area contributed by atoms with Crippen molar-refractivity contribution < 1.29 is 4.74 Å². The summed E-state index contributed by atoms with van der Waals surface area (Å²) in [7, 11) is 1.76. The zero-order valence-electron chi connectivity index (χ0n) is 12.9. The van der Waals surface area contributed by atoms with Gasteiger partial charge in [-0.2, -0.15) is 0 Å². The van der Waals surface area contributed by atoms with Gasteiger partial charge >= 0.3 is 0 Å². The number of ether oxygens (including phenoxy) is 1. The molecule has 20 heavy (non-hydrogen) atoms. The summed E-state index contributed by atoms with van der Waals surface area (Å²) in [4.78, 5) is 0. The second-order valence-electron chi connectivity index (χ2n) is 5.64. The van der Waals surface area contributed by atoms with E-state index in [0.29, 0.717) is 6.04 Å². The van der Waals surface area contributed by atoms with Gasteiger partial charge in [0, 0.05) is 44.6 Å². The third-order valence-corrected chi connectivity index (χ3v) is 3.55. The Balaban J connectivity index is 2.00. The first-order valence-electron chi connectivity index (χ1n) is 7.51. The highest BCUT2D eigenvalue weighted by atomic mass is 16.5. The summed E-state index contributed by atoms with van der Waals surface area (Å²) < 4.78 is 7.43. The maximum Gasteiger partial charge on any atom is 0.0480 e. The van der Waals surface area contributed by atoms with E-state index in [-0.39, 0.29) is 0 Å². The van der Waals surface area contributed by atoms with E-state index in [1.807, 2.05) is 0 Å². The molecule has 0 radical (unpaired) electrons. The molecule has 0 aliphatic carbocycles. The monoisotopic (exact) mass is 274 g/mol. The molecule has 1 heterocycles. The van der Waals surface area contributed by atoms with Gasteiger partial charge in [-0.15, -0.1) is 0 Å². The van der Waals surface area contributed by atoms with Crippen molar-refractivity contribution in [3.63, 3.8) is 0 Å². The Morgan fingerprint density at radius 2 is 2.05 bits per heavy atom. The predicted octanol–water partition coefficient (Wildman–Crippen LogP) is 3.57. The van der Waals surface area contributed by atoms with Crippen molar-refractivity contribution in [1.82, 2.24) is 9.88 Å². The van der Waals surface area contributed by atoms with Crippen molar-refractivity contribution in [1.29, 1.82) is 0 Å². The molecule has 0 fully saturated rings. The molecule has 1 aromatic heterocycles. The van der Waals surface area contributed by atoms with Gasteiger partial charge in [0.2, 0.25) is 0 Å². The molecule has 0 amide bonds. The standard InChI is InChI=1S/C17H26N2O/c1-14(2)18-13-15-6-7-17-16(12-15)8-10-19(17)9-4-5-11-20-3/h6-8,10,12,14,18H,4-5,9,11,13H2,1-3H3. The van der Waals surface area contributed by atoms with Crippen molar-refractivity contribution in [2.24, 2.45) is 0 Å². The van der Waals surface area contributed by atoms with Crippen molar-refractivity contribution >= 4 is 10.9 Å². The molecule has 110 valence electrons. The summed E-state index contributed by atoms with van der Waals surface area (Å²) in [5.41, 5.74) is 2.68. The Bertz CT molecular complexity index is 531. The van der Waals surface area contributed by atoms with Crippen molar-refractivity contribution in [3.8, 4) is 0 Å². The highest BCUT2D eigenvalue weighted by Gasteiger charge is 2.03. The van der Waals surface area contributed by atoms with Crippen molar-refractivity contribution in [2.45, 2.75) is 45.8 Å². The zero-order valence-corrected chi connectivity index (χ0v) is 12.9. The van der Waals surface area contributed by atoms with Gasteiger partial charge in [0.05, 0.1) is 0 Å². The van der Waals surface area contributed by atoms with E-state index in [0.717, 1.165) is 32.5 Å². The van der Waals surface area contributed by atoms with E-state index in [1.165, 1.54) is 16.5 Å². The zero-order chi connectivity index (χ0) is 14.4. The fraction of sp³-hybridized carbons (Fsp3) is 0.529. The number of fused-ring (bicyclic) bond motifs is 1. The summed E-state index contributed by atoms with van der Waals surface area (Å²) in [6.45, 7) is 7.21. The number of hydrogen-bond donors (Lipinski definition) is 1. The van der Waals surface area contributed by atoms with E-state index < -0.39 is 0 Å². The Morgan fingerprint density at radius 3 is 2.80 bits per heavy atom. The highest BCUT2D eigenvalue weighted by molar-refractivity contribution is 5.80. The second kappa shape index (κ2) is 7.46. The third kappa shape index (κ3) is 4.09. The number of nitrogens with zero attached hydrogens (tertiary/aromatic N) is 1. The van der Waals surface area contributed by atoms with Crippen molar-refractivity contribution in [2.75, 3.05) is 13.7 Å². The third-order valence-electron chi connectivity index (χ3n) is 3.55. The van der Waals surface area contributed by atoms with Crippen LogP contribution in [-0.2, 0) is 17.8 Å². The number of unbranched alkanes of at least 4 members (excludes halogenated alkanes) is 1. The van der Waals surface area contributed by atoms with Crippen LogP contribution in [-0.4, -0.2) is 24.3 Å². The Kier molecular flexibility index (Phi) is 5.62. The van der Waals surface area contributed by atoms with Crippen LogP contribution in [0.5, 0.6) is 0 Å². The lowest BCUT2D eigenvalue weighted by molar-refractivity contribution is 0.191. The van der Waals surface area contributed by atoms with Crippen LogP contribution in [0.2, 0.25) is 0 Å². The molecular formula is C17H26N2O. The summed E-state index contributed by atoms with van der Waals surface area (Å²) in [5, 5.41) is 4.79. The van der Waals surface area contributed by atoms with Crippen LogP contribution in [0.25, 0.3) is 10.9 Å². The Morgan fingerprint density at radius 1 is 1.20 bits per heavy atom. The second-order valence-corrected chi connectivity index (χ2v) is 5.64. The maximum atomic E-state index is 5.09. The first-order chi connectivity index (χ1) is 9.70.